The molecule has 0 atom stereocenters. The molecule has 9 aromatic rings. The second kappa shape index (κ2) is 10.8. The Morgan fingerprint density at radius 3 is 0.875 bits per heavy atom. The Hall–Kier alpha value is -8.01. The Kier molecular flexibility index (Phi) is 5.67. The average molecular weight is 730 g/mol. The number of nitrogens with zero attached hydrogens (tertiary/aromatic N) is 12. The van der Waals surface area contributed by atoms with Gasteiger partial charge in [-0.15, -0.1) is 0 Å². The van der Waals surface area contributed by atoms with Crippen molar-refractivity contribution < 1.29 is 18.9 Å². The molecule has 12 heterocycles. The molecule has 0 bridgehead atoms. The van der Waals surface area contributed by atoms with E-state index < -0.39 is 13.4 Å². The molecule has 0 N–H and O–H groups in total. The van der Waals surface area contributed by atoms with E-state index in [9.17, 15) is 0 Å². The Balaban J connectivity index is 1.09. The van der Waals surface area contributed by atoms with Crippen LogP contribution in [0.15, 0.2) is 123 Å². The predicted molar refractivity (Wildman–Crippen MR) is 201 cm³/mol. The van der Waals surface area contributed by atoms with Crippen LogP contribution in [0, 0.1) is 0 Å². The summed E-state index contributed by atoms with van der Waals surface area (Å²) in [6.07, 6.45) is 21.3. The summed E-state index contributed by atoms with van der Waals surface area (Å²) in [6, 6.07) is 15.6. The number of fused-ring (bicyclic) bond motifs is 10. The van der Waals surface area contributed by atoms with Gasteiger partial charge in [-0.3, -0.25) is 0 Å². The molecule has 4 aliphatic heterocycles. The summed E-state index contributed by atoms with van der Waals surface area (Å²) < 4.78 is 34.4. The second-order valence-corrected chi connectivity index (χ2v) is 13.6. The van der Waals surface area contributed by atoms with Crippen LogP contribution in [0.4, 0.5) is 0 Å². The largest absolute Gasteiger partial charge is 0.436 e. The predicted octanol–water partition coefficient (Wildman–Crippen LogP) is 1.46. The number of rotatable bonds is 4. The number of benzene rings is 1. The highest BCUT2D eigenvalue weighted by atomic mass is 16.5. The standard InChI is InChI=1S/C38H20B2N12O4/c1-5-45-49(9-1)21-13-25-35(41-17-21)53-31-29-32(54-36-26(39(25)29)14-22(18-42-36)50-10-2-6-46-50)34-30-33(31)55-37-27(15-23(19-43-37)51-11-3-7-47-51)40(30)28-16-24(20-44-38(28)56-34)52-12-4-8-48-52/h1-20H. The van der Waals surface area contributed by atoms with Crippen molar-refractivity contribution in [2.75, 3.05) is 0 Å². The fourth-order valence-corrected chi connectivity index (χ4v) is 8.16. The Morgan fingerprint density at radius 1 is 0.375 bits per heavy atom. The van der Waals surface area contributed by atoms with E-state index in [2.05, 4.69) is 20.4 Å². The highest BCUT2D eigenvalue weighted by Gasteiger charge is 2.52. The molecule has 0 aliphatic carbocycles. The molecular formula is C38H20B2N12O4. The van der Waals surface area contributed by atoms with Gasteiger partial charge in [0, 0.05) is 60.5 Å². The number of ether oxygens (including phenoxy) is 4. The minimum atomic E-state index is -0.473. The van der Waals surface area contributed by atoms with Crippen LogP contribution in [0.2, 0.25) is 0 Å². The molecule has 18 heteroatoms. The van der Waals surface area contributed by atoms with Crippen molar-refractivity contribution in [1.82, 2.24) is 59.1 Å². The summed E-state index contributed by atoms with van der Waals surface area (Å²) in [7, 11) is 0. The maximum atomic E-state index is 6.84. The Morgan fingerprint density at radius 2 is 0.643 bits per heavy atom. The van der Waals surface area contributed by atoms with Crippen molar-refractivity contribution in [3.05, 3.63) is 123 Å². The van der Waals surface area contributed by atoms with Gasteiger partial charge in [0.05, 0.1) is 47.5 Å². The van der Waals surface area contributed by atoms with E-state index in [4.69, 9.17) is 38.9 Å². The van der Waals surface area contributed by atoms with E-state index in [0.717, 1.165) is 44.6 Å². The molecule has 56 heavy (non-hydrogen) atoms. The number of hydrogen-bond acceptors (Lipinski definition) is 12. The molecule has 16 nitrogen and oxygen atoms in total. The zero-order valence-electron chi connectivity index (χ0n) is 28.7. The van der Waals surface area contributed by atoms with Crippen LogP contribution >= 0.6 is 0 Å². The molecule has 1 aromatic carbocycles. The summed E-state index contributed by atoms with van der Waals surface area (Å²) in [5.41, 5.74) is 7.59. The summed E-state index contributed by atoms with van der Waals surface area (Å²) in [6.45, 7) is -0.947. The van der Waals surface area contributed by atoms with Crippen LogP contribution in [0.25, 0.3) is 22.7 Å². The molecule has 8 aromatic heterocycles. The fourth-order valence-electron chi connectivity index (χ4n) is 8.16. The molecule has 0 fully saturated rings. The maximum Gasteiger partial charge on any atom is 0.265 e. The highest BCUT2D eigenvalue weighted by Crippen LogP contribution is 2.48. The highest BCUT2D eigenvalue weighted by molar-refractivity contribution is 7.00. The maximum absolute atomic E-state index is 6.84. The van der Waals surface area contributed by atoms with Gasteiger partial charge in [0.2, 0.25) is 23.5 Å². The van der Waals surface area contributed by atoms with Gasteiger partial charge in [-0.25, -0.2) is 38.7 Å². The third-order valence-electron chi connectivity index (χ3n) is 10.5. The van der Waals surface area contributed by atoms with E-state index >= 15 is 0 Å². The first-order chi connectivity index (χ1) is 27.7. The van der Waals surface area contributed by atoms with Crippen molar-refractivity contribution in [3.8, 4) is 69.3 Å². The normalized spacial score (nSPS) is 13.5. The molecule has 0 saturated heterocycles. The lowest BCUT2D eigenvalue weighted by Crippen LogP contribution is -2.62. The van der Waals surface area contributed by atoms with Crippen molar-refractivity contribution in [2.45, 2.75) is 0 Å². The fraction of sp³-hybridized carbons (Fsp3) is 0. The van der Waals surface area contributed by atoms with Crippen LogP contribution in [0.1, 0.15) is 0 Å². The van der Waals surface area contributed by atoms with Gasteiger partial charge in [0.25, 0.3) is 13.4 Å². The van der Waals surface area contributed by atoms with E-state index in [0.29, 0.717) is 57.4 Å². The van der Waals surface area contributed by atoms with Gasteiger partial charge in [0.1, 0.15) is 0 Å². The van der Waals surface area contributed by atoms with Crippen LogP contribution in [0.3, 0.4) is 0 Å². The van der Waals surface area contributed by atoms with Gasteiger partial charge in [0.15, 0.2) is 23.0 Å². The molecule has 13 rings (SSSR count). The van der Waals surface area contributed by atoms with Gasteiger partial charge >= 0.3 is 0 Å². The lowest BCUT2D eigenvalue weighted by Gasteiger charge is -2.39. The van der Waals surface area contributed by atoms with Crippen molar-refractivity contribution in [2.24, 2.45) is 0 Å². The lowest BCUT2D eigenvalue weighted by molar-refractivity contribution is 0.380. The Bertz CT molecular complexity index is 2660. The molecular weight excluding hydrogens is 710 g/mol. The van der Waals surface area contributed by atoms with Crippen LogP contribution in [0.5, 0.6) is 46.5 Å². The third-order valence-corrected chi connectivity index (χ3v) is 10.5. The van der Waals surface area contributed by atoms with Crippen molar-refractivity contribution in [3.63, 3.8) is 0 Å². The van der Waals surface area contributed by atoms with Crippen molar-refractivity contribution >= 4 is 46.2 Å². The molecule has 262 valence electrons. The topological polar surface area (TPSA) is 160 Å². The molecule has 0 spiro atoms. The minimum Gasteiger partial charge on any atom is -0.436 e. The smallest absolute Gasteiger partial charge is 0.265 e. The number of hydrogen-bond donors (Lipinski definition) is 0. The van der Waals surface area contributed by atoms with Crippen molar-refractivity contribution in [1.29, 1.82) is 0 Å². The number of aromatic nitrogens is 12. The van der Waals surface area contributed by atoms with E-state index in [1.54, 1.807) is 68.3 Å². The first kappa shape index (κ1) is 29.4. The zero-order valence-corrected chi connectivity index (χ0v) is 28.7. The summed E-state index contributed by atoms with van der Waals surface area (Å²) in [5, 5.41) is 17.9. The first-order valence-corrected chi connectivity index (χ1v) is 17.7. The SMILES string of the molecule is c1cnn(-c2cnc3c(c2)B2c4cc(-n5cccn5)cnc4Oc4c5c6c(c(c42)O3)Oc2ncc(-n3cccn3)cc2B6c2cc(-n3cccn3)cnc2O5)c1. The van der Waals surface area contributed by atoms with E-state index in [1.165, 1.54) is 0 Å². The van der Waals surface area contributed by atoms with Crippen LogP contribution in [-0.2, 0) is 0 Å². The third kappa shape index (κ3) is 4.03. The zero-order chi connectivity index (χ0) is 36.5. The van der Waals surface area contributed by atoms with E-state index in [1.807, 2.05) is 73.3 Å². The lowest BCUT2D eigenvalue weighted by atomic mass is 9.32. The quantitative estimate of drug-likeness (QED) is 0.241. The second-order valence-electron chi connectivity index (χ2n) is 13.6. The molecule has 0 saturated carbocycles. The number of pyridine rings is 4. The monoisotopic (exact) mass is 730 g/mol. The average Bonchev–Trinajstić information content (AvgIpc) is 4.10. The molecule has 0 radical (unpaired) electrons. The molecule has 0 amide bonds. The van der Waals surface area contributed by atoms with Crippen LogP contribution in [-0.4, -0.2) is 72.5 Å². The van der Waals surface area contributed by atoms with E-state index in [-0.39, 0.29) is 0 Å². The first-order valence-electron chi connectivity index (χ1n) is 17.7. The van der Waals surface area contributed by atoms with Gasteiger partial charge in [-0.05, 0) is 70.4 Å². The van der Waals surface area contributed by atoms with Crippen LogP contribution < -0.4 is 51.7 Å². The summed E-state index contributed by atoms with van der Waals surface area (Å²) in [4.78, 5) is 19.5. The summed E-state index contributed by atoms with van der Waals surface area (Å²) >= 11 is 0. The Labute approximate surface area is 315 Å². The van der Waals surface area contributed by atoms with Gasteiger partial charge in [-0.2, -0.15) is 20.4 Å². The minimum absolute atomic E-state index is 0.408. The summed E-state index contributed by atoms with van der Waals surface area (Å²) in [5.74, 6) is 3.42. The van der Waals surface area contributed by atoms with Gasteiger partial charge < -0.3 is 18.9 Å². The molecule has 4 aliphatic rings. The molecule has 0 unspecified atom stereocenters. The van der Waals surface area contributed by atoms with Gasteiger partial charge in [-0.1, -0.05) is 0 Å².